The van der Waals surface area contributed by atoms with Gasteiger partial charge in [-0.25, -0.2) is 5.84 Å². The van der Waals surface area contributed by atoms with Crippen LogP contribution in [0, 0.1) is 0 Å². The van der Waals surface area contributed by atoms with E-state index in [9.17, 15) is 9.59 Å². The van der Waals surface area contributed by atoms with Crippen LogP contribution < -0.4 is 16.2 Å². The van der Waals surface area contributed by atoms with Gasteiger partial charge in [-0.1, -0.05) is 18.2 Å². The SMILES string of the molecule is NNC(=O)CN1C(=O)C2(OCCO2)c2ccccc21. The van der Waals surface area contributed by atoms with Crippen LogP contribution in [0.15, 0.2) is 24.3 Å². The number of nitrogens with one attached hydrogen (secondary N) is 1. The Balaban J connectivity index is 2.04. The number of ether oxygens (including phenoxy) is 2. The fourth-order valence-corrected chi connectivity index (χ4v) is 2.43. The summed E-state index contributed by atoms with van der Waals surface area (Å²) in [5.41, 5.74) is 3.24. The lowest BCUT2D eigenvalue weighted by Gasteiger charge is -2.21. The molecule has 19 heavy (non-hydrogen) atoms. The van der Waals surface area contributed by atoms with Crippen molar-refractivity contribution in [3.8, 4) is 0 Å². The Hall–Kier alpha value is -1.96. The lowest BCUT2D eigenvalue weighted by molar-refractivity contribution is -0.180. The molecule has 2 amide bonds. The summed E-state index contributed by atoms with van der Waals surface area (Å²) in [6.45, 7) is 0.523. The molecule has 0 bridgehead atoms. The average Bonchev–Trinajstić information content (AvgIpc) is 3.01. The number of carbonyl (C=O) groups is 2. The molecular weight excluding hydrogens is 250 g/mol. The normalized spacial score (nSPS) is 19.8. The summed E-state index contributed by atoms with van der Waals surface area (Å²) in [6.07, 6.45) is 0. The summed E-state index contributed by atoms with van der Waals surface area (Å²) in [5, 5.41) is 0. The molecule has 0 saturated carbocycles. The van der Waals surface area contributed by atoms with Crippen LogP contribution in [-0.2, 0) is 24.8 Å². The fourth-order valence-electron chi connectivity index (χ4n) is 2.43. The molecular formula is C12H13N3O4. The minimum Gasteiger partial charge on any atom is -0.336 e. The van der Waals surface area contributed by atoms with Crippen molar-refractivity contribution in [2.45, 2.75) is 5.79 Å². The van der Waals surface area contributed by atoms with E-state index in [-0.39, 0.29) is 6.54 Å². The van der Waals surface area contributed by atoms with Crippen LogP contribution >= 0.6 is 0 Å². The number of para-hydroxylation sites is 1. The number of fused-ring (bicyclic) bond motifs is 2. The van der Waals surface area contributed by atoms with Crippen molar-refractivity contribution in [3.05, 3.63) is 29.8 Å². The van der Waals surface area contributed by atoms with Gasteiger partial charge in [0, 0.05) is 5.56 Å². The van der Waals surface area contributed by atoms with E-state index in [2.05, 4.69) is 0 Å². The zero-order chi connectivity index (χ0) is 13.5. The first-order valence-corrected chi connectivity index (χ1v) is 5.88. The van der Waals surface area contributed by atoms with Gasteiger partial charge in [0.2, 0.25) is 0 Å². The zero-order valence-electron chi connectivity index (χ0n) is 10.1. The van der Waals surface area contributed by atoms with Gasteiger partial charge in [0.05, 0.1) is 18.9 Å². The highest BCUT2D eigenvalue weighted by Gasteiger charge is 2.56. The second kappa shape index (κ2) is 4.30. The molecule has 1 aromatic rings. The van der Waals surface area contributed by atoms with Crippen LogP contribution in [0.3, 0.4) is 0 Å². The number of hydrogen-bond acceptors (Lipinski definition) is 5. The lowest BCUT2D eigenvalue weighted by Crippen LogP contribution is -2.46. The van der Waals surface area contributed by atoms with Crippen LogP contribution in [0.2, 0.25) is 0 Å². The van der Waals surface area contributed by atoms with Crippen molar-refractivity contribution in [3.63, 3.8) is 0 Å². The van der Waals surface area contributed by atoms with Crippen LogP contribution in [0.25, 0.3) is 0 Å². The summed E-state index contributed by atoms with van der Waals surface area (Å²) in [4.78, 5) is 25.2. The average molecular weight is 263 g/mol. The molecule has 1 spiro atoms. The molecule has 100 valence electrons. The Bertz CT molecular complexity index is 540. The summed E-state index contributed by atoms with van der Waals surface area (Å²) < 4.78 is 11.0. The van der Waals surface area contributed by atoms with Crippen molar-refractivity contribution in [1.82, 2.24) is 5.43 Å². The van der Waals surface area contributed by atoms with E-state index in [4.69, 9.17) is 15.3 Å². The third-order valence-electron chi connectivity index (χ3n) is 3.23. The topological polar surface area (TPSA) is 93.9 Å². The highest BCUT2D eigenvalue weighted by atomic mass is 16.7. The number of benzene rings is 1. The van der Waals surface area contributed by atoms with Crippen molar-refractivity contribution in [2.75, 3.05) is 24.7 Å². The maximum atomic E-state index is 12.5. The van der Waals surface area contributed by atoms with Gasteiger partial charge in [-0.3, -0.25) is 19.9 Å². The second-order valence-electron chi connectivity index (χ2n) is 4.29. The van der Waals surface area contributed by atoms with Crippen molar-refractivity contribution < 1.29 is 19.1 Å². The van der Waals surface area contributed by atoms with E-state index in [0.29, 0.717) is 24.5 Å². The smallest absolute Gasteiger partial charge is 0.293 e. The Morgan fingerprint density at radius 1 is 1.37 bits per heavy atom. The van der Waals surface area contributed by atoms with Gasteiger partial charge in [-0.05, 0) is 6.07 Å². The first kappa shape index (κ1) is 12.1. The summed E-state index contributed by atoms with van der Waals surface area (Å²) >= 11 is 0. The molecule has 7 nitrogen and oxygen atoms in total. The van der Waals surface area contributed by atoms with Gasteiger partial charge in [0.25, 0.3) is 17.6 Å². The van der Waals surface area contributed by atoms with Crippen LogP contribution in [0.1, 0.15) is 5.56 Å². The van der Waals surface area contributed by atoms with Crippen molar-refractivity contribution in [1.29, 1.82) is 0 Å². The number of rotatable bonds is 2. The first-order chi connectivity index (χ1) is 9.19. The molecule has 2 heterocycles. The number of hydrogen-bond donors (Lipinski definition) is 2. The number of carbonyl (C=O) groups excluding carboxylic acids is 2. The van der Waals surface area contributed by atoms with E-state index >= 15 is 0 Å². The van der Waals surface area contributed by atoms with Crippen LogP contribution in [0.5, 0.6) is 0 Å². The van der Waals surface area contributed by atoms with Gasteiger partial charge in [0.1, 0.15) is 6.54 Å². The summed E-state index contributed by atoms with van der Waals surface area (Å²) in [5.74, 6) is 2.81. The Kier molecular flexibility index (Phi) is 2.74. The highest BCUT2D eigenvalue weighted by molar-refractivity contribution is 6.08. The molecule has 1 aromatic carbocycles. The van der Waals surface area contributed by atoms with Crippen molar-refractivity contribution in [2.24, 2.45) is 5.84 Å². The highest BCUT2D eigenvalue weighted by Crippen LogP contribution is 2.45. The minimum absolute atomic E-state index is 0.166. The molecule has 0 radical (unpaired) electrons. The predicted octanol–water partition coefficient (Wildman–Crippen LogP) is -0.777. The molecule has 1 fully saturated rings. The molecule has 3 N–H and O–H groups in total. The standard InChI is InChI=1S/C12H13N3O4/c13-14-10(16)7-15-9-4-2-1-3-8(9)12(11(15)17)18-5-6-19-12/h1-4H,5-7,13H2,(H,14,16). The zero-order valence-corrected chi connectivity index (χ0v) is 10.1. The molecule has 0 aromatic heterocycles. The Labute approximate surface area is 109 Å². The van der Waals surface area contributed by atoms with E-state index in [1.54, 1.807) is 24.3 Å². The van der Waals surface area contributed by atoms with Gasteiger partial charge in [-0.2, -0.15) is 0 Å². The quantitative estimate of drug-likeness (QED) is 0.415. The van der Waals surface area contributed by atoms with E-state index in [1.165, 1.54) is 4.90 Å². The molecule has 2 aliphatic rings. The number of anilines is 1. The number of amides is 2. The molecule has 0 aliphatic carbocycles. The van der Waals surface area contributed by atoms with E-state index < -0.39 is 17.6 Å². The monoisotopic (exact) mass is 263 g/mol. The summed E-state index contributed by atoms with van der Waals surface area (Å²) in [6, 6.07) is 7.09. The fraction of sp³-hybridized carbons (Fsp3) is 0.333. The first-order valence-electron chi connectivity index (χ1n) is 5.88. The maximum Gasteiger partial charge on any atom is 0.293 e. The third kappa shape index (κ3) is 1.63. The van der Waals surface area contributed by atoms with Crippen molar-refractivity contribution >= 4 is 17.5 Å². The van der Waals surface area contributed by atoms with Crippen LogP contribution in [0.4, 0.5) is 5.69 Å². The number of nitrogens with two attached hydrogens (primary N) is 1. The Morgan fingerprint density at radius 3 is 2.74 bits per heavy atom. The third-order valence-corrected chi connectivity index (χ3v) is 3.23. The maximum absolute atomic E-state index is 12.5. The van der Waals surface area contributed by atoms with Crippen LogP contribution in [-0.4, -0.2) is 31.6 Å². The molecule has 2 aliphatic heterocycles. The minimum atomic E-state index is -1.40. The molecule has 3 rings (SSSR count). The number of hydrazine groups is 1. The second-order valence-corrected chi connectivity index (χ2v) is 4.29. The predicted molar refractivity (Wildman–Crippen MR) is 64.7 cm³/mol. The summed E-state index contributed by atoms with van der Waals surface area (Å²) in [7, 11) is 0. The lowest BCUT2D eigenvalue weighted by atomic mass is 10.1. The van der Waals surface area contributed by atoms with Gasteiger partial charge in [-0.15, -0.1) is 0 Å². The number of nitrogens with zero attached hydrogens (tertiary/aromatic N) is 1. The molecule has 0 unspecified atom stereocenters. The molecule has 0 atom stereocenters. The van der Waals surface area contributed by atoms with E-state index in [0.717, 1.165) is 0 Å². The largest absolute Gasteiger partial charge is 0.336 e. The molecule has 7 heteroatoms. The molecule has 1 saturated heterocycles. The van der Waals surface area contributed by atoms with Gasteiger partial charge >= 0.3 is 0 Å². The van der Waals surface area contributed by atoms with E-state index in [1.807, 2.05) is 5.43 Å². The Morgan fingerprint density at radius 2 is 2.05 bits per heavy atom. The van der Waals surface area contributed by atoms with Gasteiger partial charge in [0.15, 0.2) is 0 Å². The van der Waals surface area contributed by atoms with Gasteiger partial charge < -0.3 is 9.47 Å².